The molecule has 0 bridgehead atoms. The van der Waals surface area contributed by atoms with Gasteiger partial charge in [-0.15, -0.1) is 0 Å². The zero-order valence-corrected chi connectivity index (χ0v) is 8.13. The molecule has 3 nitrogen and oxygen atoms in total. The van der Waals surface area contributed by atoms with Crippen LogP contribution in [0.4, 0.5) is 0 Å². The minimum Gasteiger partial charge on any atom is -0.391 e. The van der Waals surface area contributed by atoms with Gasteiger partial charge in [-0.25, -0.2) is 0 Å². The number of para-hydroxylation sites is 1. The van der Waals surface area contributed by atoms with Crippen molar-refractivity contribution in [3.8, 4) is 5.69 Å². The fourth-order valence-electron chi connectivity index (χ4n) is 1.45. The largest absolute Gasteiger partial charge is 0.391 e. The second kappa shape index (κ2) is 4.11. The maximum Gasteiger partial charge on any atom is 0.260 e. The molecule has 76 valence electrons. The van der Waals surface area contributed by atoms with Crippen LogP contribution in [0.1, 0.15) is 5.56 Å². The number of pyridine rings is 1. The lowest BCUT2D eigenvalue weighted by molar-refractivity contribution is 0.279. The Morgan fingerprint density at radius 3 is 2.47 bits per heavy atom. The normalized spacial score (nSPS) is 10.2. The van der Waals surface area contributed by atoms with Gasteiger partial charge < -0.3 is 5.11 Å². The maximum absolute atomic E-state index is 11.8. The molecule has 15 heavy (non-hydrogen) atoms. The molecular formula is C12H11NO2. The Morgan fingerprint density at radius 1 is 1.07 bits per heavy atom. The minimum absolute atomic E-state index is 0.175. The van der Waals surface area contributed by atoms with Gasteiger partial charge >= 0.3 is 0 Å². The molecule has 2 aromatic rings. The zero-order chi connectivity index (χ0) is 10.7. The van der Waals surface area contributed by atoms with Crippen molar-refractivity contribution >= 4 is 0 Å². The van der Waals surface area contributed by atoms with E-state index in [1.165, 1.54) is 4.57 Å². The molecule has 0 saturated heterocycles. The quantitative estimate of drug-likeness (QED) is 0.796. The molecule has 0 atom stereocenters. The second-order valence-electron chi connectivity index (χ2n) is 3.20. The van der Waals surface area contributed by atoms with Gasteiger partial charge in [-0.1, -0.05) is 18.2 Å². The molecule has 2 rings (SSSR count). The maximum atomic E-state index is 11.8. The molecule has 0 radical (unpaired) electrons. The van der Waals surface area contributed by atoms with Crippen molar-refractivity contribution in [2.75, 3.05) is 0 Å². The summed E-state index contributed by atoms with van der Waals surface area (Å²) in [6.07, 6.45) is 1.69. The van der Waals surface area contributed by atoms with Crippen LogP contribution in [-0.4, -0.2) is 9.67 Å². The van der Waals surface area contributed by atoms with Gasteiger partial charge in [0.05, 0.1) is 6.61 Å². The SMILES string of the molecule is O=c1c(CO)cccn1-c1ccccc1. The van der Waals surface area contributed by atoms with Crippen molar-refractivity contribution in [3.05, 3.63) is 64.6 Å². The van der Waals surface area contributed by atoms with Crippen molar-refractivity contribution in [2.24, 2.45) is 0 Å². The highest BCUT2D eigenvalue weighted by Gasteiger charge is 2.02. The van der Waals surface area contributed by atoms with Crippen LogP contribution in [0, 0.1) is 0 Å². The molecule has 1 heterocycles. The van der Waals surface area contributed by atoms with Gasteiger partial charge in [-0.05, 0) is 24.3 Å². The Labute approximate surface area is 87.2 Å². The van der Waals surface area contributed by atoms with Crippen molar-refractivity contribution in [1.29, 1.82) is 0 Å². The smallest absolute Gasteiger partial charge is 0.260 e. The van der Waals surface area contributed by atoms with Crippen molar-refractivity contribution in [2.45, 2.75) is 6.61 Å². The second-order valence-corrected chi connectivity index (χ2v) is 3.20. The average molecular weight is 201 g/mol. The van der Waals surface area contributed by atoms with Crippen molar-refractivity contribution < 1.29 is 5.11 Å². The molecule has 1 N–H and O–H groups in total. The number of aliphatic hydroxyl groups is 1. The number of aromatic nitrogens is 1. The molecule has 0 aliphatic heterocycles. The monoisotopic (exact) mass is 201 g/mol. The Morgan fingerprint density at radius 2 is 1.80 bits per heavy atom. The molecule has 1 aromatic heterocycles. The Kier molecular flexibility index (Phi) is 2.65. The van der Waals surface area contributed by atoms with Crippen molar-refractivity contribution in [1.82, 2.24) is 4.57 Å². The van der Waals surface area contributed by atoms with Gasteiger partial charge in [0.1, 0.15) is 0 Å². The van der Waals surface area contributed by atoms with E-state index in [2.05, 4.69) is 0 Å². The van der Waals surface area contributed by atoms with Crippen LogP contribution in [0.2, 0.25) is 0 Å². The third-order valence-electron chi connectivity index (χ3n) is 2.23. The molecular weight excluding hydrogens is 190 g/mol. The summed E-state index contributed by atoms with van der Waals surface area (Å²) in [5, 5.41) is 8.98. The van der Waals surface area contributed by atoms with Crippen molar-refractivity contribution in [3.63, 3.8) is 0 Å². The van der Waals surface area contributed by atoms with Crippen LogP contribution in [0.15, 0.2) is 53.5 Å². The van der Waals surface area contributed by atoms with Gasteiger partial charge in [-0.3, -0.25) is 9.36 Å². The third-order valence-corrected chi connectivity index (χ3v) is 2.23. The summed E-state index contributed by atoms with van der Waals surface area (Å²) < 4.78 is 1.52. The van der Waals surface area contributed by atoms with E-state index in [4.69, 9.17) is 5.11 Å². The van der Waals surface area contributed by atoms with Crippen LogP contribution in [0.5, 0.6) is 0 Å². The predicted molar refractivity (Wildman–Crippen MR) is 58.0 cm³/mol. The lowest BCUT2D eigenvalue weighted by Crippen LogP contribution is -2.21. The third kappa shape index (κ3) is 1.82. The molecule has 0 saturated carbocycles. The summed E-state index contributed by atoms with van der Waals surface area (Å²) >= 11 is 0. The zero-order valence-electron chi connectivity index (χ0n) is 8.13. The fourth-order valence-corrected chi connectivity index (χ4v) is 1.45. The summed E-state index contributed by atoms with van der Waals surface area (Å²) in [4.78, 5) is 11.8. The molecule has 0 aliphatic carbocycles. The van der Waals surface area contributed by atoms with E-state index in [-0.39, 0.29) is 12.2 Å². The first kappa shape index (κ1) is 9.68. The number of hydrogen-bond acceptors (Lipinski definition) is 2. The summed E-state index contributed by atoms with van der Waals surface area (Å²) in [6, 6.07) is 12.7. The van der Waals surface area contributed by atoms with Gasteiger partial charge in [0, 0.05) is 17.4 Å². The van der Waals surface area contributed by atoms with E-state index in [9.17, 15) is 4.79 Å². The van der Waals surface area contributed by atoms with Gasteiger partial charge in [0.15, 0.2) is 0 Å². The van der Waals surface area contributed by atoms with E-state index in [0.717, 1.165) is 5.69 Å². The van der Waals surface area contributed by atoms with Crippen LogP contribution in [-0.2, 0) is 6.61 Å². The highest BCUT2D eigenvalue weighted by Crippen LogP contribution is 2.04. The summed E-state index contributed by atoms with van der Waals surface area (Å²) in [6.45, 7) is -0.230. The number of nitrogens with zero attached hydrogens (tertiary/aromatic N) is 1. The highest BCUT2D eigenvalue weighted by molar-refractivity contribution is 5.32. The fraction of sp³-hybridized carbons (Fsp3) is 0.0833. The lowest BCUT2D eigenvalue weighted by atomic mass is 10.2. The Hall–Kier alpha value is -1.87. The van der Waals surface area contributed by atoms with E-state index in [0.29, 0.717) is 5.56 Å². The first-order valence-electron chi connectivity index (χ1n) is 4.70. The topological polar surface area (TPSA) is 42.2 Å². The number of hydrogen-bond donors (Lipinski definition) is 1. The van der Waals surface area contributed by atoms with Crippen LogP contribution in [0.3, 0.4) is 0 Å². The first-order chi connectivity index (χ1) is 7.33. The van der Waals surface area contributed by atoms with Gasteiger partial charge in [0.2, 0.25) is 0 Å². The standard InChI is InChI=1S/C12H11NO2/c14-9-10-5-4-8-13(12(10)15)11-6-2-1-3-7-11/h1-8,14H,9H2. The summed E-state index contributed by atoms with van der Waals surface area (Å²) in [7, 11) is 0. The van der Waals surface area contributed by atoms with E-state index in [1.807, 2.05) is 30.3 Å². The molecule has 0 unspecified atom stereocenters. The molecule has 3 heteroatoms. The minimum atomic E-state index is -0.230. The Bertz CT molecular complexity index is 503. The average Bonchev–Trinajstić information content (AvgIpc) is 2.30. The van der Waals surface area contributed by atoms with Gasteiger partial charge in [0.25, 0.3) is 5.56 Å². The summed E-state index contributed by atoms with van der Waals surface area (Å²) in [5.74, 6) is 0. The summed E-state index contributed by atoms with van der Waals surface area (Å²) in [5.41, 5.74) is 1.03. The molecule has 0 fully saturated rings. The number of aliphatic hydroxyl groups excluding tert-OH is 1. The molecule has 0 aliphatic rings. The lowest BCUT2D eigenvalue weighted by Gasteiger charge is -2.06. The molecule has 0 spiro atoms. The predicted octanol–water partition coefficient (Wildman–Crippen LogP) is 1.33. The molecule has 0 amide bonds. The van der Waals surface area contributed by atoms with Crippen LogP contribution in [0.25, 0.3) is 5.69 Å². The van der Waals surface area contributed by atoms with Crippen LogP contribution < -0.4 is 5.56 Å². The molecule has 1 aromatic carbocycles. The van der Waals surface area contributed by atoms with E-state index >= 15 is 0 Å². The van der Waals surface area contributed by atoms with E-state index in [1.54, 1.807) is 18.3 Å². The van der Waals surface area contributed by atoms with E-state index < -0.39 is 0 Å². The number of benzene rings is 1. The van der Waals surface area contributed by atoms with Gasteiger partial charge in [-0.2, -0.15) is 0 Å². The highest BCUT2D eigenvalue weighted by atomic mass is 16.3. The van der Waals surface area contributed by atoms with Crippen LogP contribution >= 0.6 is 0 Å². The number of rotatable bonds is 2. The first-order valence-corrected chi connectivity index (χ1v) is 4.70. The Balaban J connectivity index is 2.60.